The normalized spacial score (nSPS) is 10.2. The van der Waals surface area contributed by atoms with Crippen molar-refractivity contribution in [1.82, 2.24) is 0 Å². The van der Waals surface area contributed by atoms with Crippen LogP contribution in [0.15, 0.2) is 51.4 Å². The quantitative estimate of drug-likeness (QED) is 0.611. The van der Waals surface area contributed by atoms with Gasteiger partial charge in [0.05, 0.1) is 9.40 Å². The van der Waals surface area contributed by atoms with Gasteiger partial charge in [0.15, 0.2) is 0 Å². The Labute approximate surface area is 127 Å². The molecule has 0 amide bonds. The maximum Gasteiger partial charge on any atom is 0.285 e. The van der Waals surface area contributed by atoms with Crippen molar-refractivity contribution in [2.75, 3.05) is 5.32 Å². The summed E-state index contributed by atoms with van der Waals surface area (Å²) in [6, 6.07) is 12.9. The summed E-state index contributed by atoms with van der Waals surface area (Å²) in [6.07, 6.45) is 0. The van der Waals surface area contributed by atoms with Gasteiger partial charge in [0.1, 0.15) is 0 Å². The zero-order valence-corrected chi connectivity index (χ0v) is 12.9. The average molecular weight is 386 g/mol. The summed E-state index contributed by atoms with van der Waals surface area (Å²) in [7, 11) is 0. The second kappa shape index (κ2) is 6.16. The van der Waals surface area contributed by atoms with Crippen LogP contribution in [0.25, 0.3) is 0 Å². The molecule has 19 heavy (non-hydrogen) atoms. The first kappa shape index (κ1) is 14.0. The first-order valence-corrected chi connectivity index (χ1v) is 7.07. The van der Waals surface area contributed by atoms with Gasteiger partial charge in [-0.25, -0.2) is 0 Å². The smallest absolute Gasteiger partial charge is 0.285 e. The minimum atomic E-state index is -0.408. The molecule has 0 aliphatic rings. The highest BCUT2D eigenvalue weighted by Crippen LogP contribution is 2.28. The molecule has 1 N–H and O–H groups in total. The summed E-state index contributed by atoms with van der Waals surface area (Å²) in [4.78, 5) is 10.4. The Hall–Kier alpha value is -1.40. The van der Waals surface area contributed by atoms with E-state index in [0.717, 1.165) is 15.7 Å². The minimum absolute atomic E-state index is 0.0549. The van der Waals surface area contributed by atoms with Crippen LogP contribution in [0.4, 0.5) is 11.4 Å². The summed E-state index contributed by atoms with van der Waals surface area (Å²) in [5, 5.41) is 14.0. The molecule has 0 bridgehead atoms. The number of nitrogens with zero attached hydrogens (tertiary/aromatic N) is 1. The van der Waals surface area contributed by atoms with Crippen LogP contribution in [0, 0.1) is 10.1 Å². The summed E-state index contributed by atoms with van der Waals surface area (Å²) in [6.45, 7) is 0.609. The number of hydrogen-bond donors (Lipinski definition) is 1. The fraction of sp³-hybridized carbons (Fsp3) is 0.0769. The molecule has 0 saturated heterocycles. The molecule has 0 aliphatic carbocycles. The first-order chi connectivity index (χ1) is 9.06. The van der Waals surface area contributed by atoms with E-state index in [9.17, 15) is 10.1 Å². The highest BCUT2D eigenvalue weighted by molar-refractivity contribution is 9.10. The third kappa shape index (κ3) is 3.78. The van der Waals surface area contributed by atoms with Crippen molar-refractivity contribution in [3.8, 4) is 0 Å². The lowest BCUT2D eigenvalue weighted by Crippen LogP contribution is -2.00. The van der Waals surface area contributed by atoms with Gasteiger partial charge in [0.2, 0.25) is 0 Å². The Morgan fingerprint density at radius 2 is 1.95 bits per heavy atom. The van der Waals surface area contributed by atoms with Gasteiger partial charge in [0, 0.05) is 22.8 Å². The predicted octanol–water partition coefficient (Wildman–Crippen LogP) is 4.73. The van der Waals surface area contributed by atoms with E-state index in [1.807, 2.05) is 24.3 Å². The van der Waals surface area contributed by atoms with Crippen LogP contribution >= 0.6 is 31.9 Å². The van der Waals surface area contributed by atoms with Gasteiger partial charge >= 0.3 is 0 Å². The van der Waals surface area contributed by atoms with Crippen molar-refractivity contribution < 1.29 is 4.92 Å². The monoisotopic (exact) mass is 384 g/mol. The van der Waals surface area contributed by atoms with Crippen LogP contribution in [0.5, 0.6) is 0 Å². The molecule has 98 valence electrons. The predicted molar refractivity (Wildman–Crippen MR) is 82.3 cm³/mol. The molecule has 4 nitrogen and oxygen atoms in total. The van der Waals surface area contributed by atoms with Gasteiger partial charge in [-0.05, 0) is 45.8 Å². The molecule has 2 rings (SSSR count). The maximum absolute atomic E-state index is 10.8. The number of rotatable bonds is 4. The lowest BCUT2D eigenvalue weighted by Gasteiger charge is -2.07. The molecule has 0 unspecified atom stereocenters. The average Bonchev–Trinajstić information content (AvgIpc) is 2.37. The highest BCUT2D eigenvalue weighted by Gasteiger charge is 2.11. The van der Waals surface area contributed by atoms with Gasteiger partial charge in [-0.1, -0.05) is 28.1 Å². The van der Waals surface area contributed by atoms with Crippen LogP contribution in [0.2, 0.25) is 0 Å². The molecule has 6 heteroatoms. The van der Waals surface area contributed by atoms with E-state index in [2.05, 4.69) is 37.2 Å². The summed E-state index contributed by atoms with van der Waals surface area (Å²) >= 11 is 6.57. The molecule has 0 spiro atoms. The second-order valence-electron chi connectivity index (χ2n) is 3.91. The van der Waals surface area contributed by atoms with Gasteiger partial charge in [0.25, 0.3) is 5.69 Å². The van der Waals surface area contributed by atoms with Crippen molar-refractivity contribution in [1.29, 1.82) is 0 Å². The molecule has 0 atom stereocenters. The van der Waals surface area contributed by atoms with Crippen LogP contribution < -0.4 is 5.32 Å². The van der Waals surface area contributed by atoms with E-state index in [1.165, 1.54) is 6.07 Å². The summed E-state index contributed by atoms with van der Waals surface area (Å²) in [5.41, 5.74) is 1.87. The molecule has 0 aliphatic heterocycles. The zero-order chi connectivity index (χ0) is 13.8. The summed E-state index contributed by atoms with van der Waals surface area (Å²) in [5.74, 6) is 0. The standard InChI is InChI=1S/C13H10Br2N2O2/c14-10-3-1-2-9(6-10)8-16-11-4-5-12(15)13(7-11)17(18)19/h1-7,16H,8H2. The molecule has 0 radical (unpaired) electrons. The molecular weight excluding hydrogens is 376 g/mol. The van der Waals surface area contributed by atoms with Crippen LogP contribution in [0.1, 0.15) is 5.56 Å². The van der Waals surface area contributed by atoms with E-state index >= 15 is 0 Å². The van der Waals surface area contributed by atoms with E-state index in [1.54, 1.807) is 12.1 Å². The molecule has 0 aromatic heterocycles. The third-order valence-corrected chi connectivity index (χ3v) is 3.69. The second-order valence-corrected chi connectivity index (χ2v) is 5.68. The topological polar surface area (TPSA) is 55.2 Å². The van der Waals surface area contributed by atoms with Crippen molar-refractivity contribution in [2.45, 2.75) is 6.54 Å². The number of nitro benzene ring substituents is 1. The van der Waals surface area contributed by atoms with Gasteiger partial charge < -0.3 is 5.32 Å². The fourth-order valence-electron chi connectivity index (χ4n) is 1.61. The van der Waals surface area contributed by atoms with Crippen molar-refractivity contribution in [3.05, 3.63) is 67.1 Å². The van der Waals surface area contributed by atoms with E-state index in [-0.39, 0.29) is 5.69 Å². The number of nitro groups is 1. The van der Waals surface area contributed by atoms with Crippen LogP contribution in [-0.2, 0) is 6.54 Å². The highest BCUT2D eigenvalue weighted by atomic mass is 79.9. The maximum atomic E-state index is 10.8. The number of halogens is 2. The van der Waals surface area contributed by atoms with E-state index in [0.29, 0.717) is 11.0 Å². The summed E-state index contributed by atoms with van der Waals surface area (Å²) < 4.78 is 1.49. The van der Waals surface area contributed by atoms with E-state index in [4.69, 9.17) is 0 Å². The minimum Gasteiger partial charge on any atom is -0.381 e. The van der Waals surface area contributed by atoms with Gasteiger partial charge in [-0.15, -0.1) is 0 Å². The Bertz CT molecular complexity index is 617. The Morgan fingerprint density at radius 1 is 1.16 bits per heavy atom. The van der Waals surface area contributed by atoms with Crippen molar-refractivity contribution in [2.24, 2.45) is 0 Å². The Kier molecular flexibility index (Phi) is 4.55. The lowest BCUT2D eigenvalue weighted by molar-refractivity contribution is -0.385. The molecule has 2 aromatic carbocycles. The number of nitrogens with one attached hydrogen (secondary N) is 1. The fourth-order valence-corrected chi connectivity index (χ4v) is 2.45. The SMILES string of the molecule is O=[N+]([O-])c1cc(NCc2cccc(Br)c2)ccc1Br. The molecule has 0 fully saturated rings. The first-order valence-electron chi connectivity index (χ1n) is 5.48. The van der Waals surface area contributed by atoms with Gasteiger partial charge in [-0.3, -0.25) is 10.1 Å². The number of hydrogen-bond acceptors (Lipinski definition) is 3. The van der Waals surface area contributed by atoms with Crippen LogP contribution in [0.3, 0.4) is 0 Å². The largest absolute Gasteiger partial charge is 0.381 e. The van der Waals surface area contributed by atoms with E-state index < -0.39 is 4.92 Å². The van der Waals surface area contributed by atoms with Crippen molar-refractivity contribution in [3.63, 3.8) is 0 Å². The molecular formula is C13H10Br2N2O2. The van der Waals surface area contributed by atoms with Crippen molar-refractivity contribution >= 4 is 43.2 Å². The molecule has 0 heterocycles. The Balaban J connectivity index is 2.12. The third-order valence-electron chi connectivity index (χ3n) is 2.53. The molecule has 0 saturated carbocycles. The lowest BCUT2D eigenvalue weighted by atomic mass is 10.2. The van der Waals surface area contributed by atoms with Gasteiger partial charge in [-0.2, -0.15) is 0 Å². The van der Waals surface area contributed by atoms with Crippen LogP contribution in [-0.4, -0.2) is 4.92 Å². The zero-order valence-electron chi connectivity index (χ0n) is 9.77. The Morgan fingerprint density at radius 3 is 2.63 bits per heavy atom. The number of benzene rings is 2. The number of anilines is 1. The molecule has 2 aromatic rings.